The smallest absolute Gasteiger partial charge is 0.274 e. The summed E-state index contributed by atoms with van der Waals surface area (Å²) in [5.41, 5.74) is 5.36. The van der Waals surface area contributed by atoms with Crippen molar-refractivity contribution in [1.29, 1.82) is 0 Å². The second-order valence-electron chi connectivity index (χ2n) is 12.0. The van der Waals surface area contributed by atoms with Crippen LogP contribution in [0.3, 0.4) is 0 Å². The maximum absolute atomic E-state index is 13.7. The summed E-state index contributed by atoms with van der Waals surface area (Å²) in [6.07, 6.45) is 3.74. The lowest BCUT2D eigenvalue weighted by atomic mass is 9.94. The van der Waals surface area contributed by atoms with Crippen LogP contribution in [0.5, 0.6) is 0 Å². The van der Waals surface area contributed by atoms with Crippen molar-refractivity contribution in [3.05, 3.63) is 99.6 Å². The SMILES string of the molecule is CN(C)c1ccc2c(c1)CCN(c1cccc(-c3cc(Nc4ccc(C(=O)N5CCS(=O)(=O)CC5)cn4)c(=O)n(C)c3)c1CO)C2=O. The van der Waals surface area contributed by atoms with Crippen molar-refractivity contribution >= 4 is 44.5 Å². The predicted molar refractivity (Wildman–Crippen MR) is 181 cm³/mol. The fraction of sp³-hybridized carbons (Fsp3) is 0.294. The quantitative estimate of drug-likeness (QED) is 0.307. The zero-order valence-corrected chi connectivity index (χ0v) is 27.2. The van der Waals surface area contributed by atoms with E-state index in [-0.39, 0.29) is 54.3 Å². The number of aliphatic hydroxyl groups excluding tert-OH is 1. The van der Waals surface area contributed by atoms with E-state index in [1.165, 1.54) is 15.7 Å². The topological polar surface area (TPSA) is 145 Å². The molecule has 2 aliphatic heterocycles. The van der Waals surface area contributed by atoms with Crippen LogP contribution in [0.2, 0.25) is 0 Å². The first-order valence-corrected chi connectivity index (χ1v) is 17.1. The minimum Gasteiger partial charge on any atom is -0.392 e. The maximum Gasteiger partial charge on any atom is 0.274 e. The van der Waals surface area contributed by atoms with Gasteiger partial charge in [0.25, 0.3) is 17.4 Å². The summed E-state index contributed by atoms with van der Waals surface area (Å²) in [6.45, 7) is 0.406. The van der Waals surface area contributed by atoms with Gasteiger partial charge in [0.2, 0.25) is 0 Å². The van der Waals surface area contributed by atoms with E-state index in [2.05, 4.69) is 10.3 Å². The van der Waals surface area contributed by atoms with Gasteiger partial charge in [0.15, 0.2) is 9.84 Å². The lowest BCUT2D eigenvalue weighted by molar-refractivity contribution is 0.0769. The molecule has 0 atom stereocenters. The number of aromatic nitrogens is 2. The number of amides is 2. The summed E-state index contributed by atoms with van der Waals surface area (Å²) in [6, 6.07) is 16.1. The molecular weight excluding hydrogens is 620 g/mol. The number of carbonyl (C=O) groups is 2. The highest BCUT2D eigenvalue weighted by atomic mass is 32.2. The molecular formula is C34H36N6O6S. The van der Waals surface area contributed by atoms with Crippen molar-refractivity contribution in [3.63, 3.8) is 0 Å². The molecule has 244 valence electrons. The second kappa shape index (κ2) is 12.6. The average Bonchev–Trinajstić information content (AvgIpc) is 3.06. The van der Waals surface area contributed by atoms with Crippen LogP contribution in [0.15, 0.2) is 71.8 Å². The van der Waals surface area contributed by atoms with Crippen LogP contribution in [-0.4, -0.2) is 85.0 Å². The van der Waals surface area contributed by atoms with Gasteiger partial charge in [-0.25, -0.2) is 13.4 Å². The van der Waals surface area contributed by atoms with Gasteiger partial charge >= 0.3 is 0 Å². The predicted octanol–water partition coefficient (Wildman–Crippen LogP) is 2.82. The molecule has 2 N–H and O–H groups in total. The zero-order valence-electron chi connectivity index (χ0n) is 26.4. The molecule has 2 aromatic heterocycles. The van der Waals surface area contributed by atoms with E-state index < -0.39 is 9.84 Å². The number of benzene rings is 2. The highest BCUT2D eigenvalue weighted by Gasteiger charge is 2.29. The first kappa shape index (κ1) is 32.0. The average molecular weight is 657 g/mol. The van der Waals surface area contributed by atoms with Gasteiger partial charge in [-0.05, 0) is 60.0 Å². The third-order valence-electron chi connectivity index (χ3n) is 8.68. The summed E-state index contributed by atoms with van der Waals surface area (Å²) >= 11 is 0. The van der Waals surface area contributed by atoms with Gasteiger partial charge in [0.05, 0.1) is 29.4 Å². The maximum atomic E-state index is 13.7. The van der Waals surface area contributed by atoms with E-state index in [1.807, 2.05) is 55.4 Å². The van der Waals surface area contributed by atoms with Crippen molar-refractivity contribution in [2.75, 3.05) is 60.4 Å². The third kappa shape index (κ3) is 6.36. The lowest BCUT2D eigenvalue weighted by Crippen LogP contribution is -2.43. The molecule has 0 unspecified atom stereocenters. The highest BCUT2D eigenvalue weighted by molar-refractivity contribution is 7.91. The minimum absolute atomic E-state index is 0.0630. The standard InChI is InChI=1S/C34H36N6O6S/c1-37(2)25-8-9-27-22(17-25)11-12-40(33(27)43)30-6-4-5-26(28(30)21-41)24-18-29(34(44)38(3)20-24)36-31-10-7-23(19-35-31)32(42)39-13-15-47(45,46)16-14-39/h4-10,17-20,41H,11-16,21H2,1-3H3,(H,35,36). The molecule has 1 saturated heterocycles. The van der Waals surface area contributed by atoms with Crippen molar-refractivity contribution in [2.24, 2.45) is 7.05 Å². The Balaban J connectivity index is 1.26. The molecule has 0 radical (unpaired) electrons. The molecule has 2 aromatic carbocycles. The van der Waals surface area contributed by atoms with Crippen LogP contribution in [0.1, 0.15) is 31.8 Å². The first-order chi connectivity index (χ1) is 22.5. The number of aryl methyl sites for hydroxylation is 1. The molecule has 4 heterocycles. The molecule has 2 amide bonds. The van der Waals surface area contributed by atoms with E-state index in [0.717, 1.165) is 11.3 Å². The number of rotatable bonds is 7. The van der Waals surface area contributed by atoms with E-state index in [4.69, 9.17) is 0 Å². The largest absolute Gasteiger partial charge is 0.392 e. The number of hydrogen-bond donors (Lipinski definition) is 2. The van der Waals surface area contributed by atoms with Crippen molar-refractivity contribution in [2.45, 2.75) is 13.0 Å². The van der Waals surface area contributed by atoms with Gasteiger partial charge < -0.3 is 29.7 Å². The van der Waals surface area contributed by atoms with Crippen LogP contribution in [-0.2, 0) is 29.9 Å². The first-order valence-electron chi connectivity index (χ1n) is 15.2. The molecule has 1 fully saturated rings. The van der Waals surface area contributed by atoms with Gasteiger partial charge in [0, 0.05) is 75.5 Å². The summed E-state index contributed by atoms with van der Waals surface area (Å²) in [7, 11) is 2.43. The number of anilines is 4. The van der Waals surface area contributed by atoms with Crippen molar-refractivity contribution in [1.82, 2.24) is 14.5 Å². The summed E-state index contributed by atoms with van der Waals surface area (Å²) in [5.74, 6) is -0.228. The van der Waals surface area contributed by atoms with Crippen LogP contribution < -0.4 is 20.7 Å². The Hall–Kier alpha value is -5.01. The highest BCUT2D eigenvalue weighted by Crippen LogP contribution is 2.35. The Kier molecular flexibility index (Phi) is 8.60. The molecule has 0 aliphatic carbocycles. The number of pyridine rings is 2. The molecule has 12 nitrogen and oxygen atoms in total. The number of hydrogen-bond acceptors (Lipinski definition) is 9. The van der Waals surface area contributed by atoms with Crippen LogP contribution in [0.4, 0.5) is 22.9 Å². The summed E-state index contributed by atoms with van der Waals surface area (Å²) in [5, 5.41) is 13.6. The van der Waals surface area contributed by atoms with Crippen LogP contribution in [0.25, 0.3) is 11.1 Å². The lowest BCUT2D eigenvalue weighted by Gasteiger charge is -2.31. The molecule has 4 aromatic rings. The second-order valence-corrected chi connectivity index (χ2v) is 14.3. The third-order valence-corrected chi connectivity index (χ3v) is 10.3. The Morgan fingerprint density at radius 1 is 1.00 bits per heavy atom. The number of sulfone groups is 1. The molecule has 2 aliphatic rings. The van der Waals surface area contributed by atoms with Gasteiger partial charge in [-0.3, -0.25) is 14.4 Å². The molecule has 47 heavy (non-hydrogen) atoms. The minimum atomic E-state index is -3.12. The molecule has 0 saturated carbocycles. The van der Waals surface area contributed by atoms with Gasteiger partial charge in [-0.15, -0.1) is 0 Å². The summed E-state index contributed by atoms with van der Waals surface area (Å²) < 4.78 is 24.9. The Morgan fingerprint density at radius 2 is 1.77 bits per heavy atom. The van der Waals surface area contributed by atoms with Crippen LogP contribution >= 0.6 is 0 Å². The number of fused-ring (bicyclic) bond motifs is 1. The number of nitrogens with one attached hydrogen (secondary N) is 1. The van der Waals surface area contributed by atoms with Crippen LogP contribution in [0, 0.1) is 0 Å². The van der Waals surface area contributed by atoms with E-state index in [0.29, 0.717) is 52.3 Å². The van der Waals surface area contributed by atoms with E-state index in [1.54, 1.807) is 36.3 Å². The molecule has 13 heteroatoms. The number of carbonyl (C=O) groups excluding carboxylic acids is 2. The van der Waals surface area contributed by atoms with E-state index >= 15 is 0 Å². The fourth-order valence-electron chi connectivity index (χ4n) is 6.03. The van der Waals surface area contributed by atoms with Crippen molar-refractivity contribution < 1.29 is 23.1 Å². The normalized spacial score (nSPS) is 15.7. The number of nitrogens with zero attached hydrogens (tertiary/aromatic N) is 5. The van der Waals surface area contributed by atoms with Crippen molar-refractivity contribution in [3.8, 4) is 11.1 Å². The number of aliphatic hydroxyl groups is 1. The molecule has 0 bridgehead atoms. The fourth-order valence-corrected chi connectivity index (χ4v) is 7.23. The molecule has 6 rings (SSSR count). The Bertz CT molecular complexity index is 2030. The Morgan fingerprint density at radius 3 is 2.45 bits per heavy atom. The monoisotopic (exact) mass is 656 g/mol. The molecule has 0 spiro atoms. The van der Waals surface area contributed by atoms with Gasteiger partial charge in [-0.2, -0.15) is 0 Å². The zero-order chi connectivity index (χ0) is 33.5. The summed E-state index contributed by atoms with van der Waals surface area (Å²) in [4.78, 5) is 49.2. The van der Waals surface area contributed by atoms with Gasteiger partial charge in [-0.1, -0.05) is 12.1 Å². The Labute approximate surface area is 272 Å². The van der Waals surface area contributed by atoms with Gasteiger partial charge in [0.1, 0.15) is 11.5 Å². The van der Waals surface area contributed by atoms with E-state index in [9.17, 15) is 27.9 Å².